The van der Waals surface area contributed by atoms with Crippen LogP contribution in [0.3, 0.4) is 0 Å². The average Bonchev–Trinajstić information content (AvgIpc) is 2.84. The first kappa shape index (κ1) is 23.8. The number of anilines is 2. The van der Waals surface area contributed by atoms with Gasteiger partial charge < -0.3 is 20.1 Å². The number of ether oxygens (including phenoxy) is 2. The number of carbonyl (C=O) groups excluding carboxylic acids is 3. The van der Waals surface area contributed by atoms with Crippen LogP contribution in [0.5, 0.6) is 5.75 Å². The number of esters is 1. The van der Waals surface area contributed by atoms with Crippen LogP contribution in [-0.2, 0) is 9.53 Å². The lowest BCUT2D eigenvalue weighted by atomic mass is 10.2. The zero-order chi connectivity index (χ0) is 23.6. The number of rotatable bonds is 9. The number of benzene rings is 2. The molecule has 2 aromatic carbocycles. The first-order valence-electron chi connectivity index (χ1n) is 10.1. The maximum absolute atomic E-state index is 12.4. The van der Waals surface area contributed by atoms with Crippen LogP contribution in [0.2, 0.25) is 0 Å². The summed E-state index contributed by atoms with van der Waals surface area (Å²) in [5.74, 6) is -0.674. The van der Waals surface area contributed by atoms with Gasteiger partial charge in [-0.05, 0) is 73.8 Å². The number of pyridine rings is 1. The van der Waals surface area contributed by atoms with E-state index in [9.17, 15) is 14.4 Å². The molecule has 0 fully saturated rings. The Morgan fingerprint density at radius 3 is 2.27 bits per heavy atom. The van der Waals surface area contributed by atoms with Gasteiger partial charge in [0.1, 0.15) is 10.8 Å². The van der Waals surface area contributed by atoms with E-state index in [0.717, 1.165) is 5.75 Å². The molecule has 1 heterocycles. The Balaban J connectivity index is 1.50. The molecule has 0 radical (unpaired) electrons. The Labute approximate surface area is 195 Å². The van der Waals surface area contributed by atoms with E-state index in [0.29, 0.717) is 34.1 Å². The Kier molecular flexibility index (Phi) is 8.43. The van der Waals surface area contributed by atoms with Crippen molar-refractivity contribution >= 4 is 40.9 Å². The van der Waals surface area contributed by atoms with E-state index in [-0.39, 0.29) is 5.91 Å². The summed E-state index contributed by atoms with van der Waals surface area (Å²) >= 11 is 1.32. The number of aromatic nitrogens is 1. The molecule has 0 unspecified atom stereocenters. The Hall–Kier alpha value is -3.85. The summed E-state index contributed by atoms with van der Waals surface area (Å²) in [5.41, 5.74) is 1.84. The van der Waals surface area contributed by atoms with E-state index >= 15 is 0 Å². The van der Waals surface area contributed by atoms with Gasteiger partial charge in [-0.25, -0.2) is 9.78 Å². The molecule has 0 spiro atoms. The highest BCUT2D eigenvalue weighted by Gasteiger charge is 2.15. The number of hydrogen-bond donors (Lipinski definition) is 2. The molecule has 170 valence electrons. The molecule has 2 amide bonds. The third-order valence-corrected chi connectivity index (χ3v) is 5.08. The maximum Gasteiger partial charge on any atom is 0.341 e. The lowest BCUT2D eigenvalue weighted by Crippen LogP contribution is -2.21. The average molecular weight is 466 g/mol. The first-order valence-corrected chi connectivity index (χ1v) is 11.3. The number of hydrogen-bond acceptors (Lipinski definition) is 7. The largest absolute Gasteiger partial charge is 0.494 e. The normalized spacial score (nSPS) is 10.2. The predicted octanol–water partition coefficient (Wildman–Crippen LogP) is 4.25. The van der Waals surface area contributed by atoms with Gasteiger partial charge in [0.05, 0.1) is 12.2 Å². The van der Waals surface area contributed by atoms with Crippen LogP contribution in [0, 0.1) is 0 Å². The van der Waals surface area contributed by atoms with Crippen LogP contribution in [-0.4, -0.2) is 42.2 Å². The van der Waals surface area contributed by atoms with Crippen LogP contribution in [0.1, 0.15) is 27.6 Å². The molecule has 3 aromatic rings. The van der Waals surface area contributed by atoms with E-state index in [4.69, 9.17) is 9.47 Å². The first-order chi connectivity index (χ1) is 16.0. The predicted molar refractivity (Wildman–Crippen MR) is 127 cm³/mol. The Morgan fingerprint density at radius 2 is 1.61 bits per heavy atom. The number of nitrogens with one attached hydrogen (secondary N) is 2. The molecule has 0 aliphatic rings. The summed E-state index contributed by atoms with van der Waals surface area (Å²) < 4.78 is 10.5. The second-order valence-electron chi connectivity index (χ2n) is 6.67. The van der Waals surface area contributed by atoms with Crippen molar-refractivity contribution in [1.82, 2.24) is 4.98 Å². The summed E-state index contributed by atoms with van der Waals surface area (Å²) in [7, 11) is 0. The fraction of sp³-hybridized carbons (Fsp3) is 0.167. The second kappa shape index (κ2) is 11.7. The summed E-state index contributed by atoms with van der Waals surface area (Å²) in [6.45, 7) is 2.03. The van der Waals surface area contributed by atoms with Crippen molar-refractivity contribution in [3.05, 3.63) is 78.0 Å². The van der Waals surface area contributed by atoms with Crippen LogP contribution >= 0.6 is 11.8 Å². The minimum atomic E-state index is -0.621. The van der Waals surface area contributed by atoms with Gasteiger partial charge in [0, 0.05) is 23.1 Å². The molecule has 33 heavy (non-hydrogen) atoms. The van der Waals surface area contributed by atoms with Gasteiger partial charge in [0.25, 0.3) is 11.8 Å². The van der Waals surface area contributed by atoms with Crippen molar-refractivity contribution in [2.45, 2.75) is 11.9 Å². The van der Waals surface area contributed by atoms with E-state index in [1.807, 2.05) is 6.92 Å². The van der Waals surface area contributed by atoms with Crippen molar-refractivity contribution in [1.29, 1.82) is 0 Å². The smallest absolute Gasteiger partial charge is 0.341 e. The van der Waals surface area contributed by atoms with Gasteiger partial charge in [-0.3, -0.25) is 9.59 Å². The number of amides is 2. The Morgan fingerprint density at radius 1 is 0.939 bits per heavy atom. The third kappa shape index (κ3) is 6.81. The van der Waals surface area contributed by atoms with Gasteiger partial charge in [0.15, 0.2) is 6.61 Å². The molecular formula is C24H23N3O5S. The molecule has 0 atom stereocenters. The Bertz CT molecular complexity index is 1120. The molecule has 0 saturated carbocycles. The molecular weight excluding hydrogens is 442 g/mol. The number of nitrogens with zero attached hydrogens (tertiary/aromatic N) is 1. The summed E-state index contributed by atoms with van der Waals surface area (Å²) in [4.78, 5) is 40.9. The summed E-state index contributed by atoms with van der Waals surface area (Å²) in [5, 5.41) is 5.96. The second-order valence-corrected chi connectivity index (χ2v) is 7.47. The molecule has 2 N–H and O–H groups in total. The SMILES string of the molecule is CCOc1ccc(NC(=O)c2ccc(NC(=O)COC(=O)c3cccnc3SC)cc2)cc1. The lowest BCUT2D eigenvalue weighted by Gasteiger charge is -2.09. The molecule has 8 nitrogen and oxygen atoms in total. The lowest BCUT2D eigenvalue weighted by molar-refractivity contribution is -0.119. The maximum atomic E-state index is 12.4. The summed E-state index contributed by atoms with van der Waals surface area (Å²) in [6, 6.07) is 16.7. The quantitative estimate of drug-likeness (QED) is 0.359. The van der Waals surface area contributed by atoms with Gasteiger partial charge in [0.2, 0.25) is 0 Å². The fourth-order valence-electron chi connectivity index (χ4n) is 2.82. The van der Waals surface area contributed by atoms with Crippen LogP contribution < -0.4 is 15.4 Å². The number of carbonyl (C=O) groups is 3. The third-order valence-electron chi connectivity index (χ3n) is 4.37. The topological polar surface area (TPSA) is 107 Å². The van der Waals surface area contributed by atoms with E-state index in [1.165, 1.54) is 11.8 Å². The zero-order valence-electron chi connectivity index (χ0n) is 18.2. The zero-order valence-corrected chi connectivity index (χ0v) is 19.0. The van der Waals surface area contributed by atoms with E-state index in [1.54, 1.807) is 73.1 Å². The molecule has 0 aliphatic heterocycles. The van der Waals surface area contributed by atoms with Crippen molar-refractivity contribution in [3.8, 4) is 5.75 Å². The van der Waals surface area contributed by atoms with Crippen molar-refractivity contribution in [3.63, 3.8) is 0 Å². The van der Waals surface area contributed by atoms with Crippen molar-refractivity contribution < 1.29 is 23.9 Å². The van der Waals surface area contributed by atoms with Crippen LogP contribution in [0.15, 0.2) is 71.9 Å². The molecule has 9 heteroatoms. The van der Waals surface area contributed by atoms with Gasteiger partial charge in [-0.1, -0.05) is 0 Å². The van der Waals surface area contributed by atoms with Gasteiger partial charge in [-0.2, -0.15) is 0 Å². The molecule has 0 saturated heterocycles. The summed E-state index contributed by atoms with van der Waals surface area (Å²) in [6.07, 6.45) is 3.38. The molecule has 1 aromatic heterocycles. The highest BCUT2D eigenvalue weighted by atomic mass is 32.2. The molecule has 0 bridgehead atoms. The van der Waals surface area contributed by atoms with Gasteiger partial charge in [-0.15, -0.1) is 11.8 Å². The highest BCUT2D eigenvalue weighted by molar-refractivity contribution is 7.98. The van der Waals surface area contributed by atoms with Crippen molar-refractivity contribution in [2.24, 2.45) is 0 Å². The van der Waals surface area contributed by atoms with E-state index < -0.39 is 18.5 Å². The standard InChI is InChI=1S/C24H23N3O5S/c1-3-31-19-12-10-18(11-13-19)27-22(29)16-6-8-17(9-7-16)26-21(28)15-32-24(30)20-5-4-14-25-23(20)33-2/h4-14H,3,15H2,1-2H3,(H,26,28)(H,27,29). The minimum Gasteiger partial charge on any atom is -0.494 e. The molecule has 0 aliphatic carbocycles. The van der Waals surface area contributed by atoms with Gasteiger partial charge >= 0.3 is 5.97 Å². The molecule has 3 rings (SSSR count). The fourth-order valence-corrected chi connectivity index (χ4v) is 3.36. The van der Waals surface area contributed by atoms with E-state index in [2.05, 4.69) is 15.6 Å². The number of thioether (sulfide) groups is 1. The monoisotopic (exact) mass is 465 g/mol. The highest BCUT2D eigenvalue weighted by Crippen LogP contribution is 2.19. The van der Waals surface area contributed by atoms with Crippen LogP contribution in [0.25, 0.3) is 0 Å². The minimum absolute atomic E-state index is 0.285. The van der Waals surface area contributed by atoms with Crippen molar-refractivity contribution in [2.75, 3.05) is 30.1 Å². The van der Waals surface area contributed by atoms with Crippen LogP contribution in [0.4, 0.5) is 11.4 Å².